The molecule has 2 aromatic rings. The van der Waals surface area contributed by atoms with Gasteiger partial charge in [-0.25, -0.2) is 4.98 Å². The van der Waals surface area contributed by atoms with E-state index in [1.807, 2.05) is 30.5 Å². The van der Waals surface area contributed by atoms with Crippen LogP contribution < -0.4 is 10.1 Å². The van der Waals surface area contributed by atoms with Crippen molar-refractivity contribution >= 4 is 28.1 Å². The minimum Gasteiger partial charge on any atom is -0.495 e. The molecule has 90 valence electrons. The van der Waals surface area contributed by atoms with E-state index in [9.17, 15) is 0 Å². The first-order valence-corrected chi connectivity index (χ1v) is 6.53. The zero-order chi connectivity index (χ0) is 12.3. The van der Waals surface area contributed by atoms with Gasteiger partial charge in [0.2, 0.25) is 0 Å². The normalized spacial score (nSPS) is 10.3. The molecule has 3 nitrogen and oxygen atoms in total. The summed E-state index contributed by atoms with van der Waals surface area (Å²) in [5.41, 5.74) is 1.92. The lowest BCUT2D eigenvalue weighted by Gasteiger charge is -2.04. The molecule has 0 aliphatic carbocycles. The van der Waals surface area contributed by atoms with Gasteiger partial charge in [-0.05, 0) is 25.1 Å². The van der Waals surface area contributed by atoms with Crippen LogP contribution in [-0.2, 0) is 0 Å². The molecule has 0 saturated heterocycles. The van der Waals surface area contributed by atoms with Gasteiger partial charge in [0, 0.05) is 17.5 Å². The number of benzene rings is 1. The topological polar surface area (TPSA) is 34.2 Å². The number of anilines is 1. The smallest absolute Gasteiger partial charge is 0.183 e. The van der Waals surface area contributed by atoms with Crippen LogP contribution in [0.5, 0.6) is 5.75 Å². The zero-order valence-corrected chi connectivity index (χ0v) is 11.2. The number of hydrogen-bond donors (Lipinski definition) is 1. The fourth-order valence-electron chi connectivity index (χ4n) is 1.46. The predicted molar refractivity (Wildman–Crippen MR) is 73.3 cm³/mol. The minimum absolute atomic E-state index is 0.600. The second-order valence-electron chi connectivity index (χ2n) is 3.42. The lowest BCUT2D eigenvalue weighted by Crippen LogP contribution is -1.95. The quantitative estimate of drug-likeness (QED) is 0.913. The molecule has 0 unspecified atom stereocenters. The molecule has 0 fully saturated rings. The summed E-state index contributed by atoms with van der Waals surface area (Å²) in [4.78, 5) is 4.47. The average Bonchev–Trinajstić information content (AvgIpc) is 2.78. The fraction of sp³-hybridized carbons (Fsp3) is 0.250. The number of nitrogens with zero attached hydrogens (tertiary/aromatic N) is 1. The van der Waals surface area contributed by atoms with Crippen LogP contribution in [0, 0.1) is 0 Å². The molecule has 0 bridgehead atoms. The number of methoxy groups -OCH3 is 1. The van der Waals surface area contributed by atoms with Gasteiger partial charge in [0.05, 0.1) is 17.8 Å². The van der Waals surface area contributed by atoms with Crippen molar-refractivity contribution in [3.05, 3.63) is 28.6 Å². The van der Waals surface area contributed by atoms with Gasteiger partial charge in [-0.1, -0.05) is 11.6 Å². The van der Waals surface area contributed by atoms with Gasteiger partial charge < -0.3 is 10.1 Å². The largest absolute Gasteiger partial charge is 0.495 e. The van der Waals surface area contributed by atoms with Gasteiger partial charge >= 0.3 is 0 Å². The van der Waals surface area contributed by atoms with Crippen LogP contribution in [0.1, 0.15) is 6.92 Å². The fourth-order valence-corrected chi connectivity index (χ4v) is 2.51. The van der Waals surface area contributed by atoms with Crippen LogP contribution in [0.4, 0.5) is 5.13 Å². The molecule has 0 spiro atoms. The van der Waals surface area contributed by atoms with E-state index in [0.717, 1.165) is 22.9 Å². The molecule has 0 saturated carbocycles. The third kappa shape index (κ3) is 2.70. The predicted octanol–water partition coefficient (Wildman–Crippen LogP) is 3.90. The van der Waals surface area contributed by atoms with Crippen molar-refractivity contribution in [3.8, 4) is 17.0 Å². The lowest BCUT2D eigenvalue weighted by atomic mass is 10.2. The second kappa shape index (κ2) is 5.38. The molecule has 2 rings (SSSR count). The first-order chi connectivity index (χ1) is 8.24. The van der Waals surface area contributed by atoms with Gasteiger partial charge in [-0.2, -0.15) is 0 Å². The number of thiazole rings is 1. The minimum atomic E-state index is 0.600. The van der Waals surface area contributed by atoms with E-state index in [4.69, 9.17) is 16.3 Å². The van der Waals surface area contributed by atoms with E-state index >= 15 is 0 Å². The monoisotopic (exact) mass is 268 g/mol. The maximum absolute atomic E-state index is 6.08. The molecular formula is C12H13ClN2OS. The van der Waals surface area contributed by atoms with Crippen LogP contribution in [0.25, 0.3) is 11.3 Å². The van der Waals surface area contributed by atoms with Crippen molar-refractivity contribution in [1.29, 1.82) is 0 Å². The highest BCUT2D eigenvalue weighted by atomic mass is 35.5. The van der Waals surface area contributed by atoms with Gasteiger partial charge in [0.15, 0.2) is 5.13 Å². The Balaban J connectivity index is 2.29. The third-order valence-corrected chi connectivity index (χ3v) is 3.38. The van der Waals surface area contributed by atoms with E-state index < -0.39 is 0 Å². The van der Waals surface area contributed by atoms with Gasteiger partial charge in [-0.15, -0.1) is 11.3 Å². The summed E-state index contributed by atoms with van der Waals surface area (Å²) in [7, 11) is 1.60. The molecule has 1 heterocycles. The third-order valence-electron chi connectivity index (χ3n) is 2.28. The van der Waals surface area contributed by atoms with Crippen LogP contribution in [0.3, 0.4) is 0 Å². The van der Waals surface area contributed by atoms with Crippen molar-refractivity contribution in [2.45, 2.75) is 6.92 Å². The molecule has 1 N–H and O–H groups in total. The summed E-state index contributed by atoms with van der Waals surface area (Å²) >= 11 is 7.67. The summed E-state index contributed by atoms with van der Waals surface area (Å²) in [5, 5.41) is 6.72. The summed E-state index contributed by atoms with van der Waals surface area (Å²) in [6.07, 6.45) is 0. The van der Waals surface area contributed by atoms with E-state index in [1.165, 1.54) is 0 Å². The molecule has 17 heavy (non-hydrogen) atoms. The summed E-state index contributed by atoms with van der Waals surface area (Å²) in [6, 6.07) is 5.67. The van der Waals surface area contributed by atoms with E-state index in [0.29, 0.717) is 10.8 Å². The number of hydrogen-bond acceptors (Lipinski definition) is 4. The van der Waals surface area contributed by atoms with Crippen molar-refractivity contribution < 1.29 is 4.74 Å². The second-order valence-corrected chi connectivity index (χ2v) is 4.68. The highest BCUT2D eigenvalue weighted by Crippen LogP contribution is 2.31. The van der Waals surface area contributed by atoms with Crippen LogP contribution in [-0.4, -0.2) is 18.6 Å². The van der Waals surface area contributed by atoms with Crippen LogP contribution in [0.2, 0.25) is 5.02 Å². The SMILES string of the molecule is CCNc1nc(-c2ccc(OC)c(Cl)c2)cs1. The molecule has 0 amide bonds. The van der Waals surface area contributed by atoms with E-state index in [-0.39, 0.29) is 0 Å². The molecule has 0 atom stereocenters. The Kier molecular flexibility index (Phi) is 3.86. The summed E-state index contributed by atoms with van der Waals surface area (Å²) < 4.78 is 5.12. The van der Waals surface area contributed by atoms with Gasteiger partial charge in [0.25, 0.3) is 0 Å². The van der Waals surface area contributed by atoms with Crippen molar-refractivity contribution in [3.63, 3.8) is 0 Å². The average molecular weight is 269 g/mol. The Morgan fingerprint density at radius 2 is 2.29 bits per heavy atom. The molecule has 0 radical (unpaired) electrons. The Hall–Kier alpha value is -1.26. The molecule has 5 heteroatoms. The highest BCUT2D eigenvalue weighted by molar-refractivity contribution is 7.14. The van der Waals surface area contributed by atoms with Crippen molar-refractivity contribution in [1.82, 2.24) is 4.98 Å². The number of ether oxygens (including phenoxy) is 1. The summed E-state index contributed by atoms with van der Waals surface area (Å²) in [5.74, 6) is 0.678. The molecule has 1 aromatic heterocycles. The van der Waals surface area contributed by atoms with E-state index in [1.54, 1.807) is 18.4 Å². The Bertz CT molecular complexity index is 513. The maximum atomic E-state index is 6.08. The zero-order valence-electron chi connectivity index (χ0n) is 9.66. The molecule has 1 aromatic carbocycles. The molecular weight excluding hydrogens is 256 g/mol. The van der Waals surface area contributed by atoms with Crippen molar-refractivity contribution in [2.24, 2.45) is 0 Å². The standard InChI is InChI=1S/C12H13ClN2OS/c1-3-14-12-15-10(7-17-12)8-4-5-11(16-2)9(13)6-8/h4-7H,3H2,1-2H3,(H,14,15). The number of rotatable bonds is 4. The summed E-state index contributed by atoms with van der Waals surface area (Å²) in [6.45, 7) is 2.92. The van der Waals surface area contributed by atoms with Crippen LogP contribution >= 0.6 is 22.9 Å². The lowest BCUT2D eigenvalue weighted by molar-refractivity contribution is 0.415. The van der Waals surface area contributed by atoms with Crippen LogP contribution in [0.15, 0.2) is 23.6 Å². The Morgan fingerprint density at radius 1 is 1.47 bits per heavy atom. The van der Waals surface area contributed by atoms with Gasteiger partial charge in [-0.3, -0.25) is 0 Å². The molecule has 0 aliphatic rings. The Labute approximate surface area is 109 Å². The van der Waals surface area contributed by atoms with E-state index in [2.05, 4.69) is 10.3 Å². The Morgan fingerprint density at radius 3 is 2.94 bits per heavy atom. The van der Waals surface area contributed by atoms with Gasteiger partial charge in [0.1, 0.15) is 5.75 Å². The number of halogens is 1. The van der Waals surface area contributed by atoms with Crippen molar-refractivity contribution in [2.75, 3.05) is 19.0 Å². The first kappa shape index (κ1) is 12.2. The highest BCUT2D eigenvalue weighted by Gasteiger charge is 2.07. The first-order valence-electron chi connectivity index (χ1n) is 5.28. The number of nitrogens with one attached hydrogen (secondary N) is 1. The maximum Gasteiger partial charge on any atom is 0.183 e. The molecule has 0 aliphatic heterocycles. The number of aromatic nitrogens is 1.